The van der Waals surface area contributed by atoms with Gasteiger partial charge in [0.1, 0.15) is 4.90 Å². The third kappa shape index (κ3) is 3.25. The lowest BCUT2D eigenvalue weighted by atomic mass is 10.1. The molecule has 1 aromatic heterocycles. The Labute approximate surface area is 127 Å². The number of amides is 1. The summed E-state index contributed by atoms with van der Waals surface area (Å²) in [6.45, 7) is 5.36. The van der Waals surface area contributed by atoms with Gasteiger partial charge in [-0.1, -0.05) is 12.1 Å². The zero-order chi connectivity index (χ0) is 15.8. The van der Waals surface area contributed by atoms with Gasteiger partial charge in [-0.3, -0.25) is 9.52 Å². The van der Waals surface area contributed by atoms with Crippen molar-refractivity contribution in [3.8, 4) is 0 Å². The number of hydrogen-bond acceptors (Lipinski definition) is 4. The van der Waals surface area contributed by atoms with Gasteiger partial charge >= 0.3 is 0 Å². The lowest BCUT2D eigenvalue weighted by molar-refractivity contribution is 0.100. The van der Waals surface area contributed by atoms with Crippen molar-refractivity contribution in [3.63, 3.8) is 0 Å². The van der Waals surface area contributed by atoms with E-state index in [1.165, 1.54) is 6.07 Å². The number of carbonyl (C=O) groups excluding carboxylic acids is 1. The SMILES string of the molecule is Cc1ccc(C)c(NS(=O)(=O)c2cc(C(N)=O)sc2C)c1. The molecule has 0 bridgehead atoms. The van der Waals surface area contributed by atoms with E-state index in [9.17, 15) is 13.2 Å². The smallest absolute Gasteiger partial charge is 0.263 e. The maximum atomic E-state index is 12.5. The molecule has 0 aliphatic rings. The number of nitrogens with one attached hydrogen (secondary N) is 1. The standard InChI is InChI=1S/C14H16N2O3S2/c1-8-4-5-9(2)11(6-8)16-21(18,19)13-7-12(14(15)17)20-10(13)3/h4-7,16H,1-3H3,(H2,15,17). The van der Waals surface area contributed by atoms with E-state index in [1.54, 1.807) is 13.0 Å². The first-order valence-corrected chi connectivity index (χ1v) is 8.51. The van der Waals surface area contributed by atoms with Crippen molar-refractivity contribution in [1.82, 2.24) is 0 Å². The number of hydrogen-bond donors (Lipinski definition) is 2. The highest BCUT2D eigenvalue weighted by Gasteiger charge is 2.22. The number of aryl methyl sites for hydroxylation is 3. The Morgan fingerprint density at radius 2 is 1.86 bits per heavy atom. The minimum absolute atomic E-state index is 0.0854. The predicted octanol–water partition coefficient (Wildman–Crippen LogP) is 2.57. The molecule has 2 aromatic rings. The molecule has 0 atom stereocenters. The van der Waals surface area contributed by atoms with Crippen molar-refractivity contribution >= 4 is 33.0 Å². The highest BCUT2D eigenvalue weighted by molar-refractivity contribution is 7.93. The average Bonchev–Trinajstić information content (AvgIpc) is 2.77. The van der Waals surface area contributed by atoms with E-state index in [-0.39, 0.29) is 9.77 Å². The Morgan fingerprint density at radius 1 is 1.19 bits per heavy atom. The van der Waals surface area contributed by atoms with Crippen LogP contribution in [0.1, 0.15) is 25.7 Å². The summed E-state index contributed by atoms with van der Waals surface area (Å²) in [5, 5.41) is 0. The Balaban J connectivity index is 2.43. The van der Waals surface area contributed by atoms with Gasteiger partial charge in [0.2, 0.25) is 0 Å². The number of carbonyl (C=O) groups is 1. The van der Waals surface area contributed by atoms with Crippen molar-refractivity contribution in [1.29, 1.82) is 0 Å². The average molecular weight is 324 g/mol. The summed E-state index contributed by atoms with van der Waals surface area (Å²) < 4.78 is 27.5. The summed E-state index contributed by atoms with van der Waals surface area (Å²) in [6, 6.07) is 6.84. The quantitative estimate of drug-likeness (QED) is 0.906. The zero-order valence-electron chi connectivity index (χ0n) is 11.9. The van der Waals surface area contributed by atoms with Crippen LogP contribution in [0, 0.1) is 20.8 Å². The first-order chi connectivity index (χ1) is 9.70. The van der Waals surface area contributed by atoms with Crippen LogP contribution in [-0.2, 0) is 10.0 Å². The van der Waals surface area contributed by atoms with E-state index in [2.05, 4.69) is 4.72 Å². The Hall–Kier alpha value is -1.86. The number of benzene rings is 1. The molecule has 112 valence electrons. The monoisotopic (exact) mass is 324 g/mol. The zero-order valence-corrected chi connectivity index (χ0v) is 13.6. The van der Waals surface area contributed by atoms with E-state index in [0.717, 1.165) is 22.5 Å². The fourth-order valence-corrected chi connectivity index (χ4v) is 4.47. The van der Waals surface area contributed by atoms with Crippen molar-refractivity contribution in [2.24, 2.45) is 5.73 Å². The van der Waals surface area contributed by atoms with Gasteiger partial charge in [0.15, 0.2) is 0 Å². The normalized spacial score (nSPS) is 11.4. The second kappa shape index (κ2) is 5.50. The van der Waals surface area contributed by atoms with Crippen LogP contribution in [0.2, 0.25) is 0 Å². The molecular weight excluding hydrogens is 308 g/mol. The summed E-state index contributed by atoms with van der Waals surface area (Å²) in [5.41, 5.74) is 7.50. The molecule has 0 radical (unpaired) electrons. The van der Waals surface area contributed by atoms with Crippen LogP contribution in [0.5, 0.6) is 0 Å². The number of sulfonamides is 1. The van der Waals surface area contributed by atoms with Gasteiger partial charge < -0.3 is 5.73 Å². The topological polar surface area (TPSA) is 89.3 Å². The minimum Gasteiger partial charge on any atom is -0.365 e. The predicted molar refractivity (Wildman–Crippen MR) is 84.3 cm³/mol. The maximum Gasteiger partial charge on any atom is 0.263 e. The summed E-state index contributed by atoms with van der Waals surface area (Å²) in [5.74, 6) is -0.628. The Kier molecular flexibility index (Phi) is 4.06. The van der Waals surface area contributed by atoms with Gasteiger partial charge in [-0.2, -0.15) is 0 Å². The van der Waals surface area contributed by atoms with E-state index in [1.807, 2.05) is 26.0 Å². The molecule has 21 heavy (non-hydrogen) atoms. The van der Waals surface area contributed by atoms with Crippen molar-refractivity contribution in [2.75, 3.05) is 4.72 Å². The number of thiophene rings is 1. The van der Waals surface area contributed by atoms with Gasteiger partial charge in [-0.15, -0.1) is 11.3 Å². The second-order valence-electron chi connectivity index (χ2n) is 4.82. The van der Waals surface area contributed by atoms with Gasteiger partial charge in [0.25, 0.3) is 15.9 Å². The number of primary amides is 1. The Morgan fingerprint density at radius 3 is 2.43 bits per heavy atom. The molecule has 7 heteroatoms. The minimum atomic E-state index is -3.74. The first-order valence-electron chi connectivity index (χ1n) is 6.21. The van der Waals surface area contributed by atoms with Gasteiger partial charge in [-0.25, -0.2) is 8.42 Å². The van der Waals surface area contributed by atoms with Crippen LogP contribution in [0.25, 0.3) is 0 Å². The van der Waals surface area contributed by atoms with E-state index < -0.39 is 15.9 Å². The molecule has 1 heterocycles. The summed E-state index contributed by atoms with van der Waals surface area (Å²) in [4.78, 5) is 12.0. The number of nitrogens with two attached hydrogens (primary N) is 1. The highest BCUT2D eigenvalue weighted by atomic mass is 32.2. The third-order valence-electron chi connectivity index (χ3n) is 3.04. The van der Waals surface area contributed by atoms with E-state index in [4.69, 9.17) is 5.73 Å². The molecule has 0 saturated heterocycles. The first kappa shape index (κ1) is 15.5. The second-order valence-corrected chi connectivity index (χ2v) is 7.73. The fraction of sp³-hybridized carbons (Fsp3) is 0.214. The molecule has 1 amide bonds. The molecule has 0 fully saturated rings. The summed E-state index contributed by atoms with van der Waals surface area (Å²) in [6.07, 6.45) is 0. The van der Waals surface area contributed by atoms with Crippen molar-refractivity contribution in [2.45, 2.75) is 25.7 Å². The van der Waals surface area contributed by atoms with Crippen LogP contribution in [0.3, 0.4) is 0 Å². The highest BCUT2D eigenvalue weighted by Crippen LogP contribution is 2.28. The molecule has 0 spiro atoms. The largest absolute Gasteiger partial charge is 0.365 e. The van der Waals surface area contributed by atoms with E-state index in [0.29, 0.717) is 10.6 Å². The molecule has 2 rings (SSSR count). The number of rotatable bonds is 4. The van der Waals surface area contributed by atoms with Gasteiger partial charge in [0, 0.05) is 4.88 Å². The molecule has 0 saturated carbocycles. The molecule has 1 aromatic carbocycles. The molecule has 5 nitrogen and oxygen atoms in total. The van der Waals surface area contributed by atoms with Gasteiger partial charge in [0.05, 0.1) is 10.6 Å². The van der Waals surface area contributed by atoms with Crippen molar-refractivity contribution < 1.29 is 13.2 Å². The fourth-order valence-electron chi connectivity index (χ4n) is 1.90. The molecular formula is C14H16N2O3S2. The van der Waals surface area contributed by atoms with Gasteiger partial charge in [-0.05, 0) is 44.0 Å². The van der Waals surface area contributed by atoms with Crippen LogP contribution in [0.15, 0.2) is 29.2 Å². The molecule has 0 unspecified atom stereocenters. The lowest BCUT2D eigenvalue weighted by Crippen LogP contribution is -2.14. The van der Waals surface area contributed by atoms with Crippen LogP contribution in [-0.4, -0.2) is 14.3 Å². The summed E-state index contributed by atoms with van der Waals surface area (Å²) >= 11 is 1.07. The lowest BCUT2D eigenvalue weighted by Gasteiger charge is -2.11. The number of anilines is 1. The molecule has 0 aliphatic carbocycles. The third-order valence-corrected chi connectivity index (χ3v) is 5.73. The maximum absolute atomic E-state index is 12.5. The summed E-state index contributed by atoms with van der Waals surface area (Å²) in [7, 11) is -3.74. The molecule has 3 N–H and O–H groups in total. The van der Waals surface area contributed by atoms with Crippen LogP contribution >= 0.6 is 11.3 Å². The molecule has 0 aliphatic heterocycles. The Bertz CT molecular complexity index is 808. The van der Waals surface area contributed by atoms with Crippen molar-refractivity contribution in [3.05, 3.63) is 45.1 Å². The van der Waals surface area contributed by atoms with Crippen LogP contribution in [0.4, 0.5) is 5.69 Å². The van der Waals surface area contributed by atoms with E-state index >= 15 is 0 Å². The van der Waals surface area contributed by atoms with Crippen LogP contribution < -0.4 is 10.5 Å².